The lowest BCUT2D eigenvalue weighted by molar-refractivity contribution is 0.0538. The van der Waals surface area contributed by atoms with Crippen molar-refractivity contribution in [1.29, 1.82) is 0 Å². The van der Waals surface area contributed by atoms with Crippen LogP contribution >= 0.6 is 11.6 Å². The normalized spacial score (nSPS) is 25.9. The summed E-state index contributed by atoms with van der Waals surface area (Å²) in [6.45, 7) is 3.07. The monoisotopic (exact) mass is 430 g/mol. The van der Waals surface area contributed by atoms with Crippen LogP contribution < -0.4 is 0 Å². The maximum Gasteiger partial charge on any atom is 0.0833 e. The van der Waals surface area contributed by atoms with E-state index in [0.717, 1.165) is 49.5 Å². The predicted octanol–water partition coefficient (Wildman–Crippen LogP) is 5.32. The summed E-state index contributed by atoms with van der Waals surface area (Å²) in [5.74, 6) is 0.792. The van der Waals surface area contributed by atoms with Gasteiger partial charge in [-0.1, -0.05) is 48.0 Å². The summed E-state index contributed by atoms with van der Waals surface area (Å²) >= 11 is 6.46. The topological polar surface area (TPSA) is 36.4 Å². The van der Waals surface area contributed by atoms with E-state index < -0.39 is 6.10 Å². The number of pyridine rings is 1. The van der Waals surface area contributed by atoms with Gasteiger partial charge < -0.3 is 10.0 Å². The summed E-state index contributed by atoms with van der Waals surface area (Å²) < 4.78 is 0. The number of piperidine rings is 1. The number of aliphatic hydroxyl groups is 1. The molecule has 0 spiro atoms. The third-order valence-corrected chi connectivity index (χ3v) is 8.14. The molecule has 2 bridgehead atoms. The number of likely N-dealkylation sites (tertiary alicyclic amines) is 1. The van der Waals surface area contributed by atoms with E-state index in [1.54, 1.807) is 12.4 Å². The summed E-state index contributed by atoms with van der Waals surface area (Å²) in [4.78, 5) is 6.79. The zero-order chi connectivity index (χ0) is 21.0. The van der Waals surface area contributed by atoms with Gasteiger partial charge in [-0.2, -0.15) is 0 Å². The Kier molecular flexibility index (Phi) is 4.68. The Hall–Kier alpha value is -2.20. The summed E-state index contributed by atoms with van der Waals surface area (Å²) in [5.41, 5.74) is 6.86. The van der Waals surface area contributed by atoms with Gasteiger partial charge in [-0.25, -0.2) is 0 Å². The summed E-state index contributed by atoms with van der Waals surface area (Å²) in [6.07, 6.45) is 6.32. The highest BCUT2D eigenvalue weighted by atomic mass is 35.5. The molecule has 1 aromatic heterocycles. The molecule has 0 saturated carbocycles. The largest absolute Gasteiger partial charge is 0.388 e. The Balaban J connectivity index is 1.25. The highest BCUT2D eigenvalue weighted by molar-refractivity contribution is 6.30. The van der Waals surface area contributed by atoms with Crippen molar-refractivity contribution in [2.24, 2.45) is 5.92 Å². The number of fused-ring (bicyclic) bond motifs is 8. The maximum atomic E-state index is 10.8. The van der Waals surface area contributed by atoms with E-state index in [9.17, 15) is 5.11 Å². The molecule has 2 aliphatic carbocycles. The number of halogens is 1. The summed E-state index contributed by atoms with van der Waals surface area (Å²) in [6, 6.07) is 19.4. The second-order valence-electron chi connectivity index (χ2n) is 9.50. The minimum Gasteiger partial charge on any atom is -0.388 e. The Morgan fingerprint density at radius 3 is 2.65 bits per heavy atom. The minimum atomic E-state index is -0.420. The third kappa shape index (κ3) is 3.06. The number of rotatable bonds is 4. The zero-order valence-corrected chi connectivity index (χ0v) is 18.3. The van der Waals surface area contributed by atoms with Crippen molar-refractivity contribution in [3.63, 3.8) is 0 Å². The number of hydrogen-bond donors (Lipinski definition) is 1. The van der Waals surface area contributed by atoms with Crippen LogP contribution in [0.1, 0.15) is 59.1 Å². The van der Waals surface area contributed by atoms with Crippen LogP contribution in [0.25, 0.3) is 0 Å². The van der Waals surface area contributed by atoms with Gasteiger partial charge in [0.1, 0.15) is 0 Å². The smallest absolute Gasteiger partial charge is 0.0833 e. The van der Waals surface area contributed by atoms with Crippen LogP contribution in [0.4, 0.5) is 0 Å². The second-order valence-corrected chi connectivity index (χ2v) is 9.94. The molecule has 1 saturated heterocycles. The lowest BCUT2D eigenvalue weighted by atomic mass is 9.74. The molecule has 3 aromatic rings. The molecule has 1 N–H and O–H groups in total. The first-order chi connectivity index (χ1) is 15.2. The molecule has 0 amide bonds. The molecule has 4 heteroatoms. The Labute approximate surface area is 188 Å². The molecule has 6 rings (SSSR count). The van der Waals surface area contributed by atoms with Crippen molar-refractivity contribution in [2.45, 2.75) is 36.7 Å². The van der Waals surface area contributed by atoms with Crippen molar-refractivity contribution in [1.82, 2.24) is 9.88 Å². The van der Waals surface area contributed by atoms with Crippen LogP contribution in [0.15, 0.2) is 67.0 Å². The van der Waals surface area contributed by atoms with E-state index in [1.807, 2.05) is 18.2 Å². The van der Waals surface area contributed by atoms with E-state index in [0.29, 0.717) is 11.8 Å². The van der Waals surface area contributed by atoms with Crippen LogP contribution in [-0.4, -0.2) is 34.6 Å². The number of aromatic nitrogens is 1. The van der Waals surface area contributed by atoms with Crippen molar-refractivity contribution in [2.75, 3.05) is 19.6 Å². The average Bonchev–Trinajstić information content (AvgIpc) is 3.31. The highest BCUT2D eigenvalue weighted by Crippen LogP contribution is 2.60. The van der Waals surface area contributed by atoms with Gasteiger partial charge in [0, 0.05) is 35.3 Å². The highest BCUT2D eigenvalue weighted by Gasteiger charge is 2.53. The fourth-order valence-electron chi connectivity index (χ4n) is 6.45. The fourth-order valence-corrected chi connectivity index (χ4v) is 6.62. The zero-order valence-electron chi connectivity index (χ0n) is 17.5. The molecule has 1 aliphatic heterocycles. The first-order valence-electron chi connectivity index (χ1n) is 11.4. The van der Waals surface area contributed by atoms with Gasteiger partial charge >= 0.3 is 0 Å². The molecule has 3 atom stereocenters. The van der Waals surface area contributed by atoms with E-state index in [1.165, 1.54) is 22.3 Å². The van der Waals surface area contributed by atoms with Crippen LogP contribution in [0, 0.1) is 5.92 Å². The van der Waals surface area contributed by atoms with Gasteiger partial charge in [0.2, 0.25) is 0 Å². The van der Waals surface area contributed by atoms with Gasteiger partial charge in [0.05, 0.1) is 6.10 Å². The molecule has 3 aliphatic rings. The van der Waals surface area contributed by atoms with Crippen molar-refractivity contribution in [3.8, 4) is 0 Å². The number of aliphatic hydroxyl groups excluding tert-OH is 1. The molecule has 1 fully saturated rings. The first-order valence-corrected chi connectivity index (χ1v) is 11.7. The molecule has 3 nitrogen and oxygen atoms in total. The van der Waals surface area contributed by atoms with Gasteiger partial charge in [-0.3, -0.25) is 4.98 Å². The van der Waals surface area contributed by atoms with Gasteiger partial charge in [-0.15, -0.1) is 0 Å². The molecule has 2 aromatic carbocycles. The SMILES string of the molecule is O[C@H](c1cccnc1)C1CCN(C[C@@]23C[C@@H](c4ccccc42)c2ccc(Cl)cc23)CC1. The lowest BCUT2D eigenvalue weighted by Crippen LogP contribution is -2.44. The molecule has 2 heterocycles. The Morgan fingerprint density at radius 1 is 1.03 bits per heavy atom. The molecule has 158 valence electrons. The Morgan fingerprint density at radius 2 is 1.84 bits per heavy atom. The van der Waals surface area contributed by atoms with Gasteiger partial charge in [0.15, 0.2) is 0 Å². The molecule has 0 unspecified atom stereocenters. The van der Waals surface area contributed by atoms with E-state index in [-0.39, 0.29) is 5.41 Å². The quantitative estimate of drug-likeness (QED) is 0.608. The standard InChI is InChI=1S/C27H27ClN2O/c28-20-7-8-22-23-15-27(25(22)14-20,24-6-2-1-5-21(23)24)17-30-12-9-18(10-13-30)26(31)19-4-3-11-29-16-19/h1-8,11,14,16,18,23,26,31H,9-10,12-13,15,17H2/t23-,26-,27-/m0/s1. The number of hydrogen-bond acceptors (Lipinski definition) is 3. The summed E-state index contributed by atoms with van der Waals surface area (Å²) in [5, 5.41) is 11.7. The molecular weight excluding hydrogens is 404 g/mol. The van der Waals surface area contributed by atoms with E-state index >= 15 is 0 Å². The van der Waals surface area contributed by atoms with Crippen LogP contribution in [0.5, 0.6) is 0 Å². The molecule has 31 heavy (non-hydrogen) atoms. The first kappa shape index (κ1) is 19.5. The number of nitrogens with zero attached hydrogens (tertiary/aromatic N) is 2. The lowest BCUT2D eigenvalue weighted by Gasteiger charge is -2.40. The van der Waals surface area contributed by atoms with Crippen molar-refractivity contribution < 1.29 is 5.11 Å². The predicted molar refractivity (Wildman–Crippen MR) is 123 cm³/mol. The van der Waals surface area contributed by atoms with Crippen molar-refractivity contribution >= 4 is 11.6 Å². The van der Waals surface area contributed by atoms with E-state index in [4.69, 9.17) is 11.6 Å². The minimum absolute atomic E-state index is 0.0380. The molecular formula is C27H27ClN2O. The van der Waals surface area contributed by atoms with Crippen LogP contribution in [-0.2, 0) is 5.41 Å². The van der Waals surface area contributed by atoms with Gasteiger partial charge in [-0.05, 0) is 84.3 Å². The maximum absolute atomic E-state index is 10.8. The third-order valence-electron chi connectivity index (χ3n) is 7.91. The molecule has 0 radical (unpaired) electrons. The summed E-state index contributed by atoms with van der Waals surface area (Å²) in [7, 11) is 0. The van der Waals surface area contributed by atoms with Crippen molar-refractivity contribution in [3.05, 3.63) is 99.8 Å². The van der Waals surface area contributed by atoms with E-state index in [2.05, 4.69) is 46.3 Å². The average molecular weight is 431 g/mol. The Bertz CT molecular complexity index is 1110. The second kappa shape index (κ2) is 7.44. The van der Waals surface area contributed by atoms with Crippen LogP contribution in [0.2, 0.25) is 5.02 Å². The van der Waals surface area contributed by atoms with Crippen LogP contribution in [0.3, 0.4) is 0 Å². The fraction of sp³-hybridized carbons (Fsp3) is 0.370. The van der Waals surface area contributed by atoms with Gasteiger partial charge in [0.25, 0.3) is 0 Å². The number of benzene rings is 2.